The number of thioether (sulfide) groups is 1. The SMILES string of the molecule is O=C(CSc1nnnn1C1CC1)c1ccc(O)cc1. The second-order valence-electron chi connectivity index (χ2n) is 4.40. The Kier molecular flexibility index (Phi) is 3.20. The lowest BCUT2D eigenvalue weighted by molar-refractivity contribution is 0.102. The minimum absolute atomic E-state index is 0.00431. The van der Waals surface area contributed by atoms with E-state index < -0.39 is 0 Å². The summed E-state index contributed by atoms with van der Waals surface area (Å²) in [6.45, 7) is 0. The van der Waals surface area contributed by atoms with E-state index in [1.165, 1.54) is 23.9 Å². The van der Waals surface area contributed by atoms with E-state index in [0.717, 1.165) is 12.8 Å². The van der Waals surface area contributed by atoms with Gasteiger partial charge in [0.15, 0.2) is 5.78 Å². The van der Waals surface area contributed by atoms with E-state index in [-0.39, 0.29) is 17.3 Å². The standard InChI is InChI=1S/C12H12N4O2S/c17-10-5-1-8(2-6-10)11(18)7-19-12-13-14-15-16(12)9-3-4-9/h1-2,5-6,9,17H,3-4,7H2. The zero-order chi connectivity index (χ0) is 13.2. The fourth-order valence-corrected chi connectivity index (χ4v) is 2.53. The molecule has 2 aromatic rings. The topological polar surface area (TPSA) is 80.9 Å². The molecule has 7 heteroatoms. The minimum Gasteiger partial charge on any atom is -0.508 e. The Morgan fingerprint density at radius 3 is 2.79 bits per heavy atom. The van der Waals surface area contributed by atoms with Crippen molar-refractivity contribution in [3.05, 3.63) is 29.8 Å². The second kappa shape index (κ2) is 5.00. The summed E-state index contributed by atoms with van der Waals surface area (Å²) in [7, 11) is 0. The lowest BCUT2D eigenvalue weighted by Crippen LogP contribution is -2.05. The first kappa shape index (κ1) is 12.2. The normalized spacial score (nSPS) is 14.5. The molecule has 0 amide bonds. The molecule has 1 aromatic heterocycles. The van der Waals surface area contributed by atoms with Crippen molar-refractivity contribution in [2.75, 3.05) is 5.75 Å². The average molecular weight is 276 g/mol. The van der Waals surface area contributed by atoms with Crippen molar-refractivity contribution in [2.24, 2.45) is 0 Å². The molecule has 1 aliphatic carbocycles. The van der Waals surface area contributed by atoms with Crippen LogP contribution in [0.3, 0.4) is 0 Å². The number of phenols is 1. The third-order valence-electron chi connectivity index (χ3n) is 2.88. The maximum absolute atomic E-state index is 12.0. The molecule has 3 rings (SSSR count). The Bertz CT molecular complexity index is 592. The maximum atomic E-state index is 12.0. The number of carbonyl (C=O) groups excluding carboxylic acids is 1. The molecule has 0 saturated heterocycles. The highest BCUT2D eigenvalue weighted by atomic mass is 32.2. The van der Waals surface area contributed by atoms with Crippen molar-refractivity contribution >= 4 is 17.5 Å². The molecule has 0 atom stereocenters. The average Bonchev–Trinajstić information content (AvgIpc) is 3.16. The van der Waals surface area contributed by atoms with Crippen molar-refractivity contribution in [1.82, 2.24) is 20.2 Å². The maximum Gasteiger partial charge on any atom is 0.210 e. The van der Waals surface area contributed by atoms with E-state index in [0.29, 0.717) is 16.8 Å². The van der Waals surface area contributed by atoms with E-state index in [1.54, 1.807) is 16.8 Å². The number of benzene rings is 1. The van der Waals surface area contributed by atoms with Gasteiger partial charge in [0, 0.05) is 5.56 Å². The Morgan fingerprint density at radius 2 is 2.11 bits per heavy atom. The fraction of sp³-hybridized carbons (Fsp3) is 0.333. The predicted octanol–water partition coefficient (Wildman–Crippen LogP) is 1.69. The molecule has 0 aliphatic heterocycles. The predicted molar refractivity (Wildman–Crippen MR) is 69.2 cm³/mol. The first-order valence-corrected chi connectivity index (χ1v) is 6.95. The van der Waals surface area contributed by atoms with Gasteiger partial charge in [-0.15, -0.1) is 5.10 Å². The highest BCUT2D eigenvalue weighted by molar-refractivity contribution is 7.99. The molecule has 98 valence electrons. The van der Waals surface area contributed by atoms with Crippen LogP contribution in [0.2, 0.25) is 0 Å². The quantitative estimate of drug-likeness (QED) is 0.661. The van der Waals surface area contributed by atoms with Crippen LogP contribution in [0.15, 0.2) is 29.4 Å². The van der Waals surface area contributed by atoms with Gasteiger partial charge in [0.2, 0.25) is 5.16 Å². The van der Waals surface area contributed by atoms with Crippen LogP contribution in [-0.4, -0.2) is 36.8 Å². The van der Waals surface area contributed by atoms with Gasteiger partial charge in [-0.2, -0.15) is 0 Å². The van der Waals surface area contributed by atoms with Crippen molar-refractivity contribution in [3.8, 4) is 5.75 Å². The molecule has 1 aromatic carbocycles. The number of phenolic OH excluding ortho intramolecular Hbond substituents is 1. The summed E-state index contributed by atoms with van der Waals surface area (Å²) in [5.41, 5.74) is 0.579. The Balaban J connectivity index is 1.63. The smallest absolute Gasteiger partial charge is 0.210 e. The first-order chi connectivity index (χ1) is 9.24. The van der Waals surface area contributed by atoms with Crippen LogP contribution in [0.4, 0.5) is 0 Å². The molecule has 1 saturated carbocycles. The lowest BCUT2D eigenvalue weighted by atomic mass is 10.1. The van der Waals surface area contributed by atoms with Crippen LogP contribution >= 0.6 is 11.8 Å². The zero-order valence-corrected chi connectivity index (χ0v) is 10.9. The minimum atomic E-state index is -0.00431. The van der Waals surface area contributed by atoms with Crippen molar-refractivity contribution in [3.63, 3.8) is 0 Å². The summed E-state index contributed by atoms with van der Waals surface area (Å²) in [6, 6.07) is 6.64. The van der Waals surface area contributed by atoms with Crippen molar-refractivity contribution < 1.29 is 9.90 Å². The van der Waals surface area contributed by atoms with E-state index >= 15 is 0 Å². The highest BCUT2D eigenvalue weighted by Gasteiger charge is 2.28. The zero-order valence-electron chi connectivity index (χ0n) is 10.1. The van der Waals surface area contributed by atoms with E-state index in [9.17, 15) is 9.90 Å². The number of hydrogen-bond donors (Lipinski definition) is 1. The van der Waals surface area contributed by atoms with Crippen LogP contribution in [-0.2, 0) is 0 Å². The number of carbonyl (C=O) groups is 1. The molecule has 0 unspecified atom stereocenters. The van der Waals surface area contributed by atoms with Gasteiger partial charge in [-0.3, -0.25) is 4.79 Å². The molecular formula is C12H12N4O2S. The third kappa shape index (κ3) is 2.76. The van der Waals surface area contributed by atoms with Gasteiger partial charge in [-0.05, 0) is 47.5 Å². The number of Topliss-reactive ketones (excluding diaryl/α,β-unsaturated/α-hetero) is 1. The molecule has 1 aliphatic rings. The van der Waals surface area contributed by atoms with Crippen molar-refractivity contribution in [2.45, 2.75) is 24.0 Å². The van der Waals surface area contributed by atoms with Crippen LogP contribution in [0.5, 0.6) is 5.75 Å². The Morgan fingerprint density at radius 1 is 1.37 bits per heavy atom. The van der Waals surface area contributed by atoms with Crippen LogP contribution < -0.4 is 0 Å². The number of rotatable bonds is 5. The lowest BCUT2D eigenvalue weighted by Gasteiger charge is -2.02. The van der Waals surface area contributed by atoms with Gasteiger partial charge in [0.05, 0.1) is 11.8 Å². The Hall–Kier alpha value is -1.89. The van der Waals surface area contributed by atoms with Gasteiger partial charge < -0.3 is 5.11 Å². The molecular weight excluding hydrogens is 264 g/mol. The summed E-state index contributed by atoms with van der Waals surface area (Å²) in [5, 5.41) is 21.4. The van der Waals surface area contributed by atoms with Crippen LogP contribution in [0, 0.1) is 0 Å². The monoisotopic (exact) mass is 276 g/mol. The summed E-state index contributed by atoms with van der Waals surface area (Å²) >= 11 is 1.34. The summed E-state index contributed by atoms with van der Waals surface area (Å²) in [4.78, 5) is 12.0. The van der Waals surface area contributed by atoms with E-state index in [2.05, 4.69) is 15.5 Å². The molecule has 6 nitrogen and oxygen atoms in total. The van der Waals surface area contributed by atoms with Gasteiger partial charge in [0.1, 0.15) is 5.75 Å². The summed E-state index contributed by atoms with van der Waals surface area (Å²) in [5.74, 6) is 0.440. The highest BCUT2D eigenvalue weighted by Crippen LogP contribution is 2.36. The van der Waals surface area contributed by atoms with Crippen LogP contribution in [0.1, 0.15) is 29.2 Å². The molecule has 0 bridgehead atoms. The Labute approximate surface area is 113 Å². The number of nitrogens with zero attached hydrogens (tertiary/aromatic N) is 4. The van der Waals surface area contributed by atoms with Gasteiger partial charge >= 0.3 is 0 Å². The van der Waals surface area contributed by atoms with E-state index in [4.69, 9.17) is 0 Å². The van der Waals surface area contributed by atoms with Gasteiger partial charge in [-0.25, -0.2) is 4.68 Å². The second-order valence-corrected chi connectivity index (χ2v) is 5.34. The number of aromatic hydroxyl groups is 1. The van der Waals surface area contributed by atoms with Crippen molar-refractivity contribution in [1.29, 1.82) is 0 Å². The number of hydrogen-bond acceptors (Lipinski definition) is 6. The molecule has 0 spiro atoms. The molecule has 19 heavy (non-hydrogen) atoms. The first-order valence-electron chi connectivity index (χ1n) is 5.97. The third-order valence-corrected chi connectivity index (χ3v) is 3.81. The molecule has 1 N–H and O–H groups in total. The number of tetrazole rings is 1. The molecule has 1 heterocycles. The molecule has 0 radical (unpaired) electrons. The number of ketones is 1. The number of aromatic nitrogens is 4. The summed E-state index contributed by atoms with van der Waals surface area (Å²) < 4.78 is 1.79. The fourth-order valence-electron chi connectivity index (χ4n) is 1.69. The van der Waals surface area contributed by atoms with Gasteiger partial charge in [0.25, 0.3) is 0 Å². The van der Waals surface area contributed by atoms with Gasteiger partial charge in [-0.1, -0.05) is 11.8 Å². The van der Waals surface area contributed by atoms with Crippen LogP contribution in [0.25, 0.3) is 0 Å². The summed E-state index contributed by atoms with van der Waals surface area (Å²) in [6.07, 6.45) is 2.20. The largest absolute Gasteiger partial charge is 0.508 e. The molecule has 1 fully saturated rings. The van der Waals surface area contributed by atoms with E-state index in [1.807, 2.05) is 0 Å².